The van der Waals surface area contributed by atoms with Gasteiger partial charge in [-0.15, -0.1) is 0 Å². The Morgan fingerprint density at radius 1 is 0.712 bits per heavy atom. The highest BCUT2D eigenvalue weighted by atomic mass is 16.5. The van der Waals surface area contributed by atoms with Crippen molar-refractivity contribution < 1.29 is 52.6 Å². The van der Waals surface area contributed by atoms with Gasteiger partial charge in [0, 0.05) is 31.5 Å². The van der Waals surface area contributed by atoms with Gasteiger partial charge in [-0.2, -0.15) is 0 Å². The van der Waals surface area contributed by atoms with E-state index in [2.05, 4.69) is 21.3 Å². The maximum absolute atomic E-state index is 14.2. The van der Waals surface area contributed by atoms with Crippen molar-refractivity contribution in [1.29, 1.82) is 0 Å². The molecule has 2 aliphatic heterocycles. The average molecular weight is 918 g/mol. The summed E-state index contributed by atoms with van der Waals surface area (Å²) in [6, 6.07) is 12.3. The van der Waals surface area contributed by atoms with Crippen molar-refractivity contribution in [2.45, 2.75) is 119 Å². The minimum absolute atomic E-state index is 0.00337. The van der Waals surface area contributed by atoms with Crippen LogP contribution < -0.4 is 27.0 Å². The lowest BCUT2D eigenvalue weighted by atomic mass is 9.80. The van der Waals surface area contributed by atoms with Gasteiger partial charge in [-0.25, -0.2) is 4.79 Å². The third-order valence-electron chi connectivity index (χ3n) is 11.5. The summed E-state index contributed by atoms with van der Waals surface area (Å²) in [5, 5.41) is 10.7. The number of carbonyl (C=O) groups excluding carboxylic acids is 9. The minimum atomic E-state index is -1.25. The second-order valence-electron chi connectivity index (χ2n) is 20.2. The van der Waals surface area contributed by atoms with Gasteiger partial charge in [-0.3, -0.25) is 48.2 Å². The van der Waals surface area contributed by atoms with Gasteiger partial charge in [0.05, 0.1) is 36.4 Å². The number of rotatable bonds is 20. The van der Waals surface area contributed by atoms with Crippen LogP contribution in [0.2, 0.25) is 0 Å². The molecule has 6 N–H and O–H groups in total. The number of benzene rings is 2. The Hall–Kier alpha value is -6.17. The summed E-state index contributed by atoms with van der Waals surface area (Å²) in [7, 11) is 0. The van der Waals surface area contributed by atoms with E-state index in [4.69, 9.17) is 15.2 Å². The number of likely N-dealkylation sites (tertiary alicyclic amines) is 2. The number of nitrogens with one attached hydrogen (secondary N) is 4. The highest BCUT2D eigenvalue weighted by molar-refractivity contribution is 6.05. The van der Waals surface area contributed by atoms with E-state index in [-0.39, 0.29) is 64.3 Å². The van der Waals surface area contributed by atoms with Gasteiger partial charge in [0.15, 0.2) is 0 Å². The Kier molecular flexibility index (Phi) is 17.8. The van der Waals surface area contributed by atoms with Crippen LogP contribution in [0.1, 0.15) is 99.1 Å². The fourth-order valence-electron chi connectivity index (χ4n) is 7.50. The lowest BCUT2D eigenvalue weighted by Gasteiger charge is -2.29. The van der Waals surface area contributed by atoms with E-state index < -0.39 is 100 Å². The summed E-state index contributed by atoms with van der Waals surface area (Å²) in [4.78, 5) is 121. The monoisotopic (exact) mass is 917 g/mol. The van der Waals surface area contributed by atoms with E-state index >= 15 is 0 Å². The number of anilines is 1. The van der Waals surface area contributed by atoms with Crippen LogP contribution in [0.15, 0.2) is 54.6 Å². The molecule has 4 atom stereocenters. The van der Waals surface area contributed by atoms with Crippen molar-refractivity contribution in [3.63, 3.8) is 0 Å². The Morgan fingerprint density at radius 3 is 1.74 bits per heavy atom. The lowest BCUT2D eigenvalue weighted by molar-refractivity contribution is -0.154. The van der Waals surface area contributed by atoms with Crippen molar-refractivity contribution in [3.8, 4) is 0 Å². The maximum atomic E-state index is 14.2. The van der Waals surface area contributed by atoms with Gasteiger partial charge in [-0.1, -0.05) is 84.0 Å². The first-order chi connectivity index (χ1) is 30.7. The fraction of sp³-hybridized carbons (Fsp3) is 0.562. The number of esters is 1. The molecule has 2 unspecified atom stereocenters. The summed E-state index contributed by atoms with van der Waals surface area (Å²) in [6.07, 6.45) is -0.905. The van der Waals surface area contributed by atoms with Gasteiger partial charge < -0.3 is 36.5 Å². The summed E-state index contributed by atoms with van der Waals surface area (Å²) in [5.41, 5.74) is 5.25. The van der Waals surface area contributed by atoms with Crippen LogP contribution in [0, 0.1) is 28.1 Å². The van der Waals surface area contributed by atoms with Crippen LogP contribution in [-0.2, 0) is 60.9 Å². The number of amides is 9. The van der Waals surface area contributed by atoms with E-state index in [1.165, 1.54) is 0 Å². The molecule has 0 aliphatic carbocycles. The number of ether oxygens (including phenoxy) is 2. The van der Waals surface area contributed by atoms with Crippen LogP contribution in [0.5, 0.6) is 0 Å². The molecule has 18 heteroatoms. The molecule has 2 heterocycles. The number of primary amides is 1. The van der Waals surface area contributed by atoms with Crippen LogP contribution in [-0.4, -0.2) is 108 Å². The lowest BCUT2D eigenvalue weighted by Crippen LogP contribution is -2.54. The zero-order valence-corrected chi connectivity index (χ0v) is 39.6. The molecule has 360 valence electrons. The smallest absolute Gasteiger partial charge is 0.312 e. The van der Waals surface area contributed by atoms with Crippen molar-refractivity contribution in [3.05, 3.63) is 65.7 Å². The second kappa shape index (κ2) is 22.3. The highest BCUT2D eigenvalue weighted by Crippen LogP contribution is 2.37. The highest BCUT2D eigenvalue weighted by Gasteiger charge is 2.48. The number of hydrogen-bond acceptors (Lipinski definition) is 11. The molecule has 0 spiro atoms. The van der Waals surface area contributed by atoms with E-state index in [1.807, 2.05) is 41.5 Å². The standard InChI is InChI=1S/C48H67N7O11/c1-46(2,3)33-23-38(57)54(42(33)61)25-32(26-55-39(58)24-34(43(55)62)47(4,5)6)65-28-37(56)52-36(22-29-14-11-10-12-15-29)41(60)53-35(16-13-21-50-45(49)64)40(59)51-31-19-17-30(18-20-31)27-66-44(63)48(7,8)9/h10-12,14-15,17-20,32-36H,13,16,21-28H2,1-9H3,(H,51,59)(H,52,56)(H,53,60)(H3,49,50,64)/t32?,33?,34?,35-,36-/m0/s1. The molecule has 0 bridgehead atoms. The topological polar surface area (TPSA) is 253 Å². The fourth-order valence-corrected chi connectivity index (χ4v) is 7.50. The molecular weight excluding hydrogens is 851 g/mol. The number of carbonyl (C=O) groups is 9. The van der Waals surface area contributed by atoms with E-state index in [9.17, 15) is 43.2 Å². The van der Waals surface area contributed by atoms with Crippen LogP contribution >= 0.6 is 0 Å². The number of imide groups is 2. The Bertz CT molecular complexity index is 2050. The quantitative estimate of drug-likeness (QED) is 0.0729. The van der Waals surface area contributed by atoms with Crippen molar-refractivity contribution in [2.24, 2.45) is 33.8 Å². The van der Waals surface area contributed by atoms with Gasteiger partial charge in [0.1, 0.15) is 25.3 Å². The van der Waals surface area contributed by atoms with Crippen molar-refractivity contribution >= 4 is 59.0 Å². The third-order valence-corrected chi connectivity index (χ3v) is 11.5. The summed E-state index contributed by atoms with van der Waals surface area (Å²) in [5.74, 6) is -5.37. The Balaban J connectivity index is 1.52. The first kappa shape index (κ1) is 52.5. The molecule has 9 amide bonds. The van der Waals surface area contributed by atoms with Crippen molar-refractivity contribution in [2.75, 3.05) is 31.6 Å². The maximum Gasteiger partial charge on any atom is 0.312 e. The largest absolute Gasteiger partial charge is 0.460 e. The first-order valence-corrected chi connectivity index (χ1v) is 22.3. The summed E-state index contributed by atoms with van der Waals surface area (Å²) in [6.45, 7) is 15.2. The average Bonchev–Trinajstić information content (AvgIpc) is 3.68. The van der Waals surface area contributed by atoms with Gasteiger partial charge >= 0.3 is 12.0 Å². The molecule has 2 fully saturated rings. The predicted molar refractivity (Wildman–Crippen MR) is 243 cm³/mol. The van der Waals surface area contributed by atoms with Crippen LogP contribution in [0.4, 0.5) is 10.5 Å². The molecule has 4 rings (SSSR count). The first-order valence-electron chi connectivity index (χ1n) is 22.3. The summed E-state index contributed by atoms with van der Waals surface area (Å²) < 4.78 is 11.4. The molecule has 2 aromatic carbocycles. The molecule has 18 nitrogen and oxygen atoms in total. The molecule has 0 aromatic heterocycles. The molecule has 2 saturated heterocycles. The normalized spacial score (nSPS) is 18.1. The molecule has 66 heavy (non-hydrogen) atoms. The molecule has 2 aliphatic rings. The minimum Gasteiger partial charge on any atom is -0.460 e. The molecule has 0 radical (unpaired) electrons. The summed E-state index contributed by atoms with van der Waals surface area (Å²) >= 11 is 0. The molecule has 0 saturated carbocycles. The zero-order chi connectivity index (χ0) is 49.1. The Labute approximate surface area is 386 Å². The molecule has 2 aromatic rings. The Morgan fingerprint density at radius 2 is 1.26 bits per heavy atom. The number of nitrogens with zero attached hydrogens (tertiary/aromatic N) is 2. The van der Waals surface area contributed by atoms with Crippen molar-refractivity contribution in [1.82, 2.24) is 25.8 Å². The predicted octanol–water partition coefficient (Wildman–Crippen LogP) is 3.60. The van der Waals surface area contributed by atoms with Crippen LogP contribution in [0.3, 0.4) is 0 Å². The van der Waals surface area contributed by atoms with E-state index in [0.29, 0.717) is 16.8 Å². The number of urea groups is 1. The SMILES string of the molecule is CC(C)(C)C(=O)OCc1ccc(NC(=O)[C@H](CCCNC(N)=O)NC(=O)[C@H](Cc2ccccc2)NC(=O)COC(CN2C(=O)CC(C(C)(C)C)C2=O)CN2C(=O)CC(C(C)(C)C)C2=O)cc1. The number of hydrogen-bond donors (Lipinski definition) is 5. The van der Waals surface area contributed by atoms with Gasteiger partial charge in [0.25, 0.3) is 0 Å². The molecular formula is C48H67N7O11. The van der Waals surface area contributed by atoms with E-state index in [0.717, 1.165) is 9.80 Å². The van der Waals surface area contributed by atoms with Gasteiger partial charge in [0.2, 0.25) is 41.4 Å². The zero-order valence-electron chi connectivity index (χ0n) is 39.6. The van der Waals surface area contributed by atoms with Crippen LogP contribution in [0.25, 0.3) is 0 Å². The number of nitrogens with two attached hydrogens (primary N) is 1. The van der Waals surface area contributed by atoms with E-state index in [1.54, 1.807) is 75.4 Å². The second-order valence-corrected chi connectivity index (χ2v) is 20.2. The van der Waals surface area contributed by atoms with Gasteiger partial charge in [-0.05, 0) is 67.7 Å². The third kappa shape index (κ3) is 15.2.